The van der Waals surface area contributed by atoms with E-state index in [1.54, 1.807) is 4.68 Å². The molecule has 0 spiro atoms. The molecule has 0 aliphatic carbocycles. The monoisotopic (exact) mass is 457 g/mol. The van der Waals surface area contributed by atoms with Gasteiger partial charge >= 0.3 is 0 Å². The van der Waals surface area contributed by atoms with Crippen molar-refractivity contribution in [1.29, 1.82) is 0 Å². The van der Waals surface area contributed by atoms with Crippen molar-refractivity contribution in [3.05, 3.63) is 63.5 Å². The van der Waals surface area contributed by atoms with Crippen molar-refractivity contribution < 1.29 is 13.3 Å². The molecule has 1 fully saturated rings. The number of aromatic nitrogens is 4. The largest absolute Gasteiger partial charge is 0.352 e. The van der Waals surface area contributed by atoms with Crippen molar-refractivity contribution in [2.75, 3.05) is 31.1 Å². The summed E-state index contributed by atoms with van der Waals surface area (Å²) in [7, 11) is -3.72. The fourth-order valence-corrected chi connectivity index (χ4v) is 5.01. The molecule has 1 saturated heterocycles. The minimum Gasteiger partial charge on any atom is -0.352 e. The number of nitrogens with zero attached hydrogens (tertiary/aromatic N) is 7. The van der Waals surface area contributed by atoms with E-state index in [2.05, 4.69) is 15.3 Å². The molecule has 4 rings (SSSR count). The Morgan fingerprint density at radius 2 is 1.50 bits per heavy atom. The summed E-state index contributed by atoms with van der Waals surface area (Å²) >= 11 is 0. The van der Waals surface area contributed by atoms with Crippen molar-refractivity contribution in [2.24, 2.45) is 0 Å². The van der Waals surface area contributed by atoms with Crippen molar-refractivity contribution in [3.63, 3.8) is 0 Å². The molecule has 3 heterocycles. The lowest BCUT2D eigenvalue weighted by atomic mass is 10.2. The van der Waals surface area contributed by atoms with Gasteiger partial charge in [-0.2, -0.15) is 9.40 Å². The standard InChI is InChI=1S/C20H23N7O4S/c1-14-15(2)23-26(16(14)3)20-9-8-19(21-22-20)24-10-12-25(13-11-24)32(30,31)18-6-4-17(5-7-18)27(28)29/h4-9H,10-13H2,1-3H3. The van der Waals surface area contributed by atoms with Crippen LogP contribution in [-0.2, 0) is 10.0 Å². The van der Waals surface area contributed by atoms with Gasteiger partial charge in [0.05, 0.1) is 15.5 Å². The molecule has 0 N–H and O–H groups in total. The molecule has 2 aromatic heterocycles. The first-order chi connectivity index (χ1) is 15.2. The lowest BCUT2D eigenvalue weighted by Crippen LogP contribution is -2.49. The van der Waals surface area contributed by atoms with Gasteiger partial charge < -0.3 is 4.90 Å². The Hall–Kier alpha value is -3.38. The van der Waals surface area contributed by atoms with Gasteiger partial charge in [-0.05, 0) is 50.6 Å². The summed E-state index contributed by atoms with van der Waals surface area (Å²) in [5, 5.41) is 23.9. The maximum atomic E-state index is 12.9. The van der Waals surface area contributed by atoms with Gasteiger partial charge in [0.1, 0.15) is 0 Å². The molecule has 12 heteroatoms. The Kier molecular flexibility index (Phi) is 5.65. The van der Waals surface area contributed by atoms with Crippen molar-refractivity contribution >= 4 is 21.5 Å². The van der Waals surface area contributed by atoms with Gasteiger partial charge in [-0.1, -0.05) is 0 Å². The van der Waals surface area contributed by atoms with E-state index in [1.807, 2.05) is 37.8 Å². The Morgan fingerprint density at radius 1 is 0.906 bits per heavy atom. The summed E-state index contributed by atoms with van der Waals surface area (Å²) in [6.45, 7) is 7.41. The van der Waals surface area contributed by atoms with Gasteiger partial charge in [0.2, 0.25) is 10.0 Å². The molecule has 32 heavy (non-hydrogen) atoms. The number of nitro groups is 1. The summed E-state index contributed by atoms with van der Waals surface area (Å²) in [4.78, 5) is 12.3. The lowest BCUT2D eigenvalue weighted by Gasteiger charge is -2.34. The fourth-order valence-electron chi connectivity index (χ4n) is 3.59. The molecule has 1 aromatic carbocycles. The van der Waals surface area contributed by atoms with E-state index in [4.69, 9.17) is 0 Å². The lowest BCUT2D eigenvalue weighted by molar-refractivity contribution is -0.384. The van der Waals surface area contributed by atoms with Gasteiger partial charge in [0, 0.05) is 44.0 Å². The van der Waals surface area contributed by atoms with Crippen LogP contribution in [0.1, 0.15) is 17.0 Å². The fraction of sp³-hybridized carbons (Fsp3) is 0.350. The van der Waals surface area contributed by atoms with Gasteiger partial charge in [0.15, 0.2) is 11.6 Å². The number of sulfonamides is 1. The smallest absolute Gasteiger partial charge is 0.269 e. The molecular weight excluding hydrogens is 434 g/mol. The summed E-state index contributed by atoms with van der Waals surface area (Å²) in [6, 6.07) is 8.64. The van der Waals surface area contributed by atoms with Crippen LogP contribution in [0.15, 0.2) is 41.3 Å². The second-order valence-corrected chi connectivity index (χ2v) is 9.54. The number of hydrogen-bond acceptors (Lipinski definition) is 8. The van der Waals surface area contributed by atoms with Gasteiger partial charge in [-0.25, -0.2) is 13.1 Å². The zero-order valence-electron chi connectivity index (χ0n) is 18.0. The quantitative estimate of drug-likeness (QED) is 0.420. The predicted octanol–water partition coefficient (Wildman–Crippen LogP) is 2.01. The molecule has 0 bridgehead atoms. The first kappa shape index (κ1) is 21.8. The van der Waals surface area contributed by atoms with Crippen LogP contribution in [0.2, 0.25) is 0 Å². The highest BCUT2D eigenvalue weighted by atomic mass is 32.2. The van der Waals surface area contributed by atoms with Gasteiger partial charge in [-0.15, -0.1) is 10.2 Å². The van der Waals surface area contributed by atoms with Gasteiger partial charge in [-0.3, -0.25) is 10.1 Å². The van der Waals surface area contributed by atoms with Crippen LogP contribution < -0.4 is 4.90 Å². The van der Waals surface area contributed by atoms with E-state index in [0.717, 1.165) is 17.0 Å². The highest BCUT2D eigenvalue weighted by Crippen LogP contribution is 2.22. The van der Waals surface area contributed by atoms with E-state index in [9.17, 15) is 18.5 Å². The molecule has 1 aliphatic rings. The summed E-state index contributed by atoms with van der Waals surface area (Å²) in [6.07, 6.45) is 0. The Balaban J connectivity index is 1.44. The Morgan fingerprint density at radius 3 is 2.00 bits per heavy atom. The van der Waals surface area contributed by atoms with Crippen LogP contribution in [0, 0.1) is 30.9 Å². The Bertz CT molecular complexity index is 1250. The summed E-state index contributed by atoms with van der Waals surface area (Å²) in [5.41, 5.74) is 2.92. The van der Waals surface area contributed by atoms with Crippen molar-refractivity contribution in [3.8, 4) is 5.82 Å². The molecule has 168 valence electrons. The Labute approximate surface area is 185 Å². The number of rotatable bonds is 5. The predicted molar refractivity (Wildman–Crippen MR) is 117 cm³/mol. The molecule has 0 saturated carbocycles. The third kappa shape index (κ3) is 3.94. The van der Waals surface area contributed by atoms with Crippen LogP contribution in [0.25, 0.3) is 5.82 Å². The summed E-state index contributed by atoms with van der Waals surface area (Å²) < 4.78 is 28.9. The minimum atomic E-state index is -3.72. The number of anilines is 1. The second kappa shape index (κ2) is 8.28. The zero-order chi connectivity index (χ0) is 23.0. The third-order valence-electron chi connectivity index (χ3n) is 5.75. The highest BCUT2D eigenvalue weighted by Gasteiger charge is 2.29. The van der Waals surface area contributed by atoms with E-state index in [1.165, 1.54) is 28.6 Å². The molecule has 0 amide bonds. The normalized spacial score (nSPS) is 15.2. The summed E-state index contributed by atoms with van der Waals surface area (Å²) in [5.74, 6) is 1.29. The molecule has 0 radical (unpaired) electrons. The molecule has 1 aliphatic heterocycles. The van der Waals surface area contributed by atoms with E-state index < -0.39 is 14.9 Å². The number of benzene rings is 1. The molecular formula is C20H23N7O4S. The highest BCUT2D eigenvalue weighted by molar-refractivity contribution is 7.89. The van der Waals surface area contributed by atoms with Crippen molar-refractivity contribution in [2.45, 2.75) is 25.7 Å². The van der Waals surface area contributed by atoms with Crippen LogP contribution in [0.3, 0.4) is 0 Å². The van der Waals surface area contributed by atoms with E-state index >= 15 is 0 Å². The van der Waals surface area contributed by atoms with Crippen LogP contribution in [-0.4, -0.2) is 63.8 Å². The minimum absolute atomic E-state index is 0.0425. The first-order valence-electron chi connectivity index (χ1n) is 10.0. The molecule has 0 atom stereocenters. The molecule has 3 aromatic rings. The average molecular weight is 458 g/mol. The average Bonchev–Trinajstić information content (AvgIpc) is 3.06. The molecule has 11 nitrogen and oxygen atoms in total. The third-order valence-corrected chi connectivity index (χ3v) is 7.67. The maximum absolute atomic E-state index is 12.9. The molecule has 0 unspecified atom stereocenters. The number of nitro benzene ring substituents is 1. The van der Waals surface area contributed by atoms with E-state index in [0.29, 0.717) is 24.7 Å². The van der Waals surface area contributed by atoms with Crippen molar-refractivity contribution in [1.82, 2.24) is 24.3 Å². The number of non-ortho nitro benzene ring substituents is 1. The second-order valence-electron chi connectivity index (χ2n) is 7.60. The van der Waals surface area contributed by atoms with Gasteiger partial charge in [0.25, 0.3) is 5.69 Å². The number of piperazine rings is 1. The van der Waals surface area contributed by atoms with Crippen LogP contribution in [0.5, 0.6) is 0 Å². The van der Waals surface area contributed by atoms with E-state index in [-0.39, 0.29) is 23.7 Å². The van der Waals surface area contributed by atoms with Crippen LogP contribution in [0.4, 0.5) is 11.5 Å². The van der Waals surface area contributed by atoms with Crippen LogP contribution >= 0.6 is 0 Å². The maximum Gasteiger partial charge on any atom is 0.269 e. The topological polar surface area (TPSA) is 127 Å². The zero-order valence-corrected chi connectivity index (χ0v) is 18.8. The number of hydrogen-bond donors (Lipinski definition) is 0. The number of aryl methyl sites for hydroxylation is 1. The SMILES string of the molecule is Cc1nn(-c2ccc(N3CCN(S(=O)(=O)c4ccc([N+](=O)[O-])cc4)CC3)nn2)c(C)c1C. The first-order valence-corrected chi connectivity index (χ1v) is 11.5.